The number of hydrogen-bond donors (Lipinski definition) is 4. The first-order valence-electron chi connectivity index (χ1n) is 3.93. The monoisotopic (exact) mass is 203 g/mol. The summed E-state index contributed by atoms with van der Waals surface area (Å²) in [5.41, 5.74) is 4.88. The molecule has 0 heterocycles. The van der Waals surface area contributed by atoms with Gasteiger partial charge in [-0.15, -0.1) is 0 Å². The Morgan fingerprint density at radius 2 is 1.57 bits per heavy atom. The summed E-state index contributed by atoms with van der Waals surface area (Å²) in [4.78, 5) is 31.8. The highest BCUT2D eigenvalue weighted by atomic mass is 16.4. The SMILES string of the molecule is CC(NC(=O)N[C@@H](C)C(=O)O)C(N)=O. The first-order valence-corrected chi connectivity index (χ1v) is 3.93. The van der Waals surface area contributed by atoms with Crippen molar-refractivity contribution in [2.75, 3.05) is 0 Å². The smallest absolute Gasteiger partial charge is 0.325 e. The first kappa shape index (κ1) is 12.2. The molecule has 5 N–H and O–H groups in total. The maximum absolute atomic E-state index is 11.0. The Bertz CT molecular complexity index is 229. The zero-order valence-electron chi connectivity index (χ0n) is 7.90. The van der Waals surface area contributed by atoms with Gasteiger partial charge in [-0.1, -0.05) is 0 Å². The number of carbonyl (C=O) groups is 3. The van der Waals surface area contributed by atoms with Gasteiger partial charge in [0.2, 0.25) is 5.91 Å². The van der Waals surface area contributed by atoms with Crippen LogP contribution in [-0.2, 0) is 9.59 Å². The van der Waals surface area contributed by atoms with Crippen LogP contribution in [0.5, 0.6) is 0 Å². The number of nitrogens with one attached hydrogen (secondary N) is 2. The van der Waals surface area contributed by atoms with Crippen molar-refractivity contribution in [1.29, 1.82) is 0 Å². The molecule has 14 heavy (non-hydrogen) atoms. The maximum Gasteiger partial charge on any atom is 0.325 e. The number of urea groups is 1. The minimum atomic E-state index is -1.16. The number of carboxylic acid groups (broad SMARTS) is 1. The van der Waals surface area contributed by atoms with Crippen LogP contribution < -0.4 is 16.4 Å². The minimum Gasteiger partial charge on any atom is -0.480 e. The zero-order chi connectivity index (χ0) is 11.3. The minimum absolute atomic E-state index is 0.692. The fourth-order valence-corrected chi connectivity index (χ4v) is 0.568. The van der Waals surface area contributed by atoms with Gasteiger partial charge in [0.15, 0.2) is 0 Å². The number of amides is 3. The van der Waals surface area contributed by atoms with Crippen molar-refractivity contribution < 1.29 is 19.5 Å². The lowest BCUT2D eigenvalue weighted by Gasteiger charge is -2.13. The zero-order valence-corrected chi connectivity index (χ0v) is 7.90. The molecule has 0 rings (SSSR count). The molecule has 0 bridgehead atoms. The normalized spacial score (nSPS) is 13.9. The number of carbonyl (C=O) groups excluding carboxylic acids is 2. The van der Waals surface area contributed by atoms with E-state index < -0.39 is 30.0 Å². The molecule has 0 spiro atoms. The summed E-state index contributed by atoms with van der Waals surface area (Å²) in [6, 6.07) is -2.60. The number of nitrogens with two attached hydrogens (primary N) is 1. The highest BCUT2D eigenvalue weighted by Gasteiger charge is 2.16. The molecule has 0 radical (unpaired) electrons. The molecule has 0 aliphatic carbocycles. The predicted molar refractivity (Wildman–Crippen MR) is 47.4 cm³/mol. The van der Waals surface area contributed by atoms with Crippen LogP contribution in [0.25, 0.3) is 0 Å². The molecule has 80 valence electrons. The highest BCUT2D eigenvalue weighted by molar-refractivity contribution is 5.87. The molecule has 0 saturated carbocycles. The van der Waals surface area contributed by atoms with Crippen molar-refractivity contribution in [3.05, 3.63) is 0 Å². The summed E-state index contributed by atoms with van der Waals surface area (Å²) in [7, 11) is 0. The van der Waals surface area contributed by atoms with Crippen LogP contribution in [0.15, 0.2) is 0 Å². The van der Waals surface area contributed by atoms with Crippen molar-refractivity contribution >= 4 is 17.9 Å². The molecule has 0 aromatic carbocycles. The first-order chi connectivity index (χ1) is 6.34. The topological polar surface area (TPSA) is 122 Å². The quantitative estimate of drug-likeness (QED) is 0.450. The summed E-state index contributed by atoms with van der Waals surface area (Å²) in [5, 5.41) is 12.7. The molecule has 0 aliphatic heterocycles. The average molecular weight is 203 g/mol. The van der Waals surface area contributed by atoms with Crippen LogP contribution in [0.4, 0.5) is 4.79 Å². The van der Waals surface area contributed by atoms with E-state index in [2.05, 4.69) is 10.6 Å². The van der Waals surface area contributed by atoms with Gasteiger partial charge < -0.3 is 21.5 Å². The molecule has 7 nitrogen and oxygen atoms in total. The third-order valence-electron chi connectivity index (χ3n) is 1.49. The van der Waals surface area contributed by atoms with Crippen molar-refractivity contribution in [2.24, 2.45) is 5.73 Å². The molecule has 2 atom stereocenters. The lowest BCUT2D eigenvalue weighted by atomic mass is 10.3. The Balaban J connectivity index is 3.99. The summed E-state index contributed by atoms with van der Waals surface area (Å²) in [6.45, 7) is 2.70. The standard InChI is InChI=1S/C7H13N3O4/c1-3(5(8)11)9-7(14)10-4(2)6(12)13/h3-4H,1-2H3,(H2,8,11)(H,12,13)(H2,9,10,14)/t3?,4-/m0/s1. The van der Waals surface area contributed by atoms with Crippen LogP contribution >= 0.6 is 0 Å². The van der Waals surface area contributed by atoms with E-state index in [1.54, 1.807) is 0 Å². The van der Waals surface area contributed by atoms with Crippen LogP contribution in [0.3, 0.4) is 0 Å². The highest BCUT2D eigenvalue weighted by Crippen LogP contribution is 1.83. The Hall–Kier alpha value is -1.79. The molecular formula is C7H13N3O4. The van der Waals surface area contributed by atoms with Crippen LogP contribution in [0.2, 0.25) is 0 Å². The van der Waals surface area contributed by atoms with Gasteiger partial charge in [0.25, 0.3) is 0 Å². The van der Waals surface area contributed by atoms with E-state index in [9.17, 15) is 14.4 Å². The third kappa shape index (κ3) is 4.29. The Kier molecular flexibility index (Phi) is 4.41. The van der Waals surface area contributed by atoms with Crippen molar-refractivity contribution in [2.45, 2.75) is 25.9 Å². The van der Waals surface area contributed by atoms with E-state index in [0.717, 1.165) is 0 Å². The summed E-state index contributed by atoms with van der Waals surface area (Å²) >= 11 is 0. The molecular weight excluding hydrogens is 190 g/mol. The molecule has 0 saturated heterocycles. The van der Waals surface area contributed by atoms with Crippen LogP contribution in [0, 0.1) is 0 Å². The van der Waals surface area contributed by atoms with Crippen molar-refractivity contribution in [3.63, 3.8) is 0 Å². The summed E-state index contributed by atoms with van der Waals surface area (Å²) < 4.78 is 0. The lowest BCUT2D eigenvalue weighted by Crippen LogP contribution is -2.50. The van der Waals surface area contributed by atoms with E-state index in [1.165, 1.54) is 13.8 Å². The Labute approximate surface area is 80.6 Å². The maximum atomic E-state index is 11.0. The van der Waals surface area contributed by atoms with Gasteiger partial charge in [0.1, 0.15) is 12.1 Å². The van der Waals surface area contributed by atoms with E-state index in [1.807, 2.05) is 0 Å². The van der Waals surface area contributed by atoms with Gasteiger partial charge in [-0.2, -0.15) is 0 Å². The number of primary amides is 1. The number of aliphatic carboxylic acids is 1. The van der Waals surface area contributed by atoms with Gasteiger partial charge in [-0.3, -0.25) is 9.59 Å². The second-order valence-corrected chi connectivity index (χ2v) is 2.80. The van der Waals surface area contributed by atoms with Crippen molar-refractivity contribution in [3.8, 4) is 0 Å². The second-order valence-electron chi connectivity index (χ2n) is 2.80. The Morgan fingerprint density at radius 1 is 1.14 bits per heavy atom. The molecule has 7 heteroatoms. The van der Waals surface area contributed by atoms with E-state index in [-0.39, 0.29) is 0 Å². The summed E-state index contributed by atoms with van der Waals surface area (Å²) in [6.07, 6.45) is 0. The van der Waals surface area contributed by atoms with Crippen LogP contribution in [-0.4, -0.2) is 35.1 Å². The molecule has 0 aliphatic rings. The van der Waals surface area contributed by atoms with Gasteiger partial charge >= 0.3 is 12.0 Å². The van der Waals surface area contributed by atoms with Gasteiger partial charge in [-0.05, 0) is 13.8 Å². The third-order valence-corrected chi connectivity index (χ3v) is 1.49. The molecule has 0 aromatic rings. The van der Waals surface area contributed by atoms with Gasteiger partial charge in [0.05, 0.1) is 0 Å². The molecule has 0 fully saturated rings. The average Bonchev–Trinajstić information content (AvgIpc) is 2.03. The predicted octanol–water partition coefficient (Wildman–Crippen LogP) is -1.37. The Morgan fingerprint density at radius 3 is 1.93 bits per heavy atom. The fourth-order valence-electron chi connectivity index (χ4n) is 0.568. The summed E-state index contributed by atoms with van der Waals surface area (Å²) in [5.74, 6) is -1.85. The number of rotatable bonds is 4. The van der Waals surface area contributed by atoms with E-state index in [4.69, 9.17) is 10.8 Å². The van der Waals surface area contributed by atoms with Gasteiger partial charge in [-0.25, -0.2) is 4.79 Å². The van der Waals surface area contributed by atoms with E-state index >= 15 is 0 Å². The van der Waals surface area contributed by atoms with Crippen LogP contribution in [0.1, 0.15) is 13.8 Å². The molecule has 3 amide bonds. The number of carboxylic acids is 1. The molecule has 0 aromatic heterocycles. The number of hydrogen-bond acceptors (Lipinski definition) is 3. The van der Waals surface area contributed by atoms with E-state index in [0.29, 0.717) is 0 Å². The molecule has 1 unspecified atom stereocenters. The largest absolute Gasteiger partial charge is 0.480 e. The fraction of sp³-hybridized carbons (Fsp3) is 0.571. The second kappa shape index (κ2) is 5.05. The van der Waals surface area contributed by atoms with Crippen molar-refractivity contribution in [1.82, 2.24) is 10.6 Å². The van der Waals surface area contributed by atoms with Gasteiger partial charge in [0, 0.05) is 0 Å². The lowest BCUT2D eigenvalue weighted by molar-refractivity contribution is -0.138.